The van der Waals surface area contributed by atoms with Crippen molar-refractivity contribution in [2.75, 3.05) is 13.7 Å². The van der Waals surface area contributed by atoms with Gasteiger partial charge in [-0.1, -0.05) is 25.1 Å². The summed E-state index contributed by atoms with van der Waals surface area (Å²) in [4.78, 5) is 30.3. The lowest BCUT2D eigenvalue weighted by atomic mass is 10.2. The third-order valence-corrected chi connectivity index (χ3v) is 4.24. The Morgan fingerprint density at radius 2 is 1.92 bits per heavy atom. The lowest BCUT2D eigenvalue weighted by Crippen LogP contribution is -2.41. The number of nitrogens with zero attached hydrogens (tertiary/aromatic N) is 4. The lowest BCUT2D eigenvalue weighted by molar-refractivity contribution is 0.184. The number of hydrogen-bond donors (Lipinski definition) is 0. The van der Waals surface area contributed by atoms with Crippen molar-refractivity contribution in [1.29, 1.82) is 0 Å². The van der Waals surface area contributed by atoms with Crippen LogP contribution in [-0.2, 0) is 17.8 Å². The topological polar surface area (TPSA) is 71.1 Å². The van der Waals surface area contributed by atoms with Gasteiger partial charge >= 0.3 is 5.69 Å². The maximum Gasteiger partial charge on any atom is 0.337 e. The largest absolute Gasteiger partial charge is 0.383 e. The highest BCUT2D eigenvalue weighted by Gasteiger charge is 2.19. The van der Waals surface area contributed by atoms with E-state index >= 15 is 0 Å². The minimum Gasteiger partial charge on any atom is -0.383 e. The van der Waals surface area contributed by atoms with Crippen molar-refractivity contribution in [3.63, 3.8) is 0 Å². The predicted octanol–water partition coefficient (Wildman–Crippen LogP) is 1.71. The van der Waals surface area contributed by atoms with Crippen molar-refractivity contribution >= 4 is 11.2 Å². The molecule has 7 nitrogen and oxygen atoms in total. The van der Waals surface area contributed by atoms with Gasteiger partial charge in [0.25, 0.3) is 5.56 Å². The molecule has 132 valence electrons. The molecule has 7 heteroatoms. The zero-order valence-corrected chi connectivity index (χ0v) is 14.7. The molecule has 0 saturated heterocycles. The molecule has 0 aliphatic rings. The van der Waals surface area contributed by atoms with Crippen LogP contribution in [0.1, 0.15) is 18.9 Å². The Balaban J connectivity index is 2.41. The van der Waals surface area contributed by atoms with Gasteiger partial charge in [-0.25, -0.2) is 14.3 Å². The van der Waals surface area contributed by atoms with E-state index in [-0.39, 0.29) is 18.7 Å². The summed E-state index contributed by atoms with van der Waals surface area (Å²) < 4.78 is 9.63. The molecule has 0 aliphatic heterocycles. The molecule has 2 heterocycles. The summed E-state index contributed by atoms with van der Waals surface area (Å²) in [6, 6.07) is 7.58. The Hall–Kier alpha value is -2.67. The first-order valence-electron chi connectivity index (χ1n) is 8.35. The second-order valence-corrected chi connectivity index (χ2v) is 5.96. The van der Waals surface area contributed by atoms with Gasteiger partial charge in [0.2, 0.25) is 0 Å². The van der Waals surface area contributed by atoms with E-state index in [9.17, 15) is 9.59 Å². The van der Waals surface area contributed by atoms with E-state index in [0.29, 0.717) is 17.7 Å². The van der Waals surface area contributed by atoms with Gasteiger partial charge in [0.05, 0.1) is 25.2 Å². The highest BCUT2D eigenvalue weighted by atomic mass is 16.5. The van der Waals surface area contributed by atoms with E-state index in [2.05, 4.69) is 4.98 Å². The molecule has 0 bridgehead atoms. The minimum atomic E-state index is -0.398. The molecule has 0 saturated carbocycles. The first kappa shape index (κ1) is 17.2. The van der Waals surface area contributed by atoms with Gasteiger partial charge in [-0.2, -0.15) is 0 Å². The van der Waals surface area contributed by atoms with Crippen LogP contribution in [0.3, 0.4) is 0 Å². The molecule has 0 atom stereocenters. The van der Waals surface area contributed by atoms with Crippen LogP contribution < -0.4 is 11.2 Å². The molecule has 0 radical (unpaired) electrons. The molecule has 0 aliphatic carbocycles. The average molecular weight is 342 g/mol. The van der Waals surface area contributed by atoms with E-state index in [1.54, 1.807) is 13.4 Å². The monoisotopic (exact) mass is 342 g/mol. The molecule has 0 fully saturated rings. The summed E-state index contributed by atoms with van der Waals surface area (Å²) in [5.74, 6) is 0. The minimum absolute atomic E-state index is 0.202. The summed E-state index contributed by atoms with van der Waals surface area (Å²) in [7, 11) is 1.55. The number of hydrogen-bond acceptors (Lipinski definition) is 4. The van der Waals surface area contributed by atoms with Crippen molar-refractivity contribution < 1.29 is 4.74 Å². The van der Waals surface area contributed by atoms with Crippen LogP contribution in [0.5, 0.6) is 0 Å². The van der Waals surface area contributed by atoms with Crippen LogP contribution in [0.15, 0.2) is 40.2 Å². The van der Waals surface area contributed by atoms with Crippen LogP contribution in [0, 0.1) is 6.92 Å². The standard InChI is InChI=1S/C18H22N4O3/c1-4-9-20-12-19-16-15(20)17(23)21(10-11-25-3)18(24)22(16)14-8-6-5-7-13(14)2/h5-8,12H,4,9-11H2,1-3H3. The van der Waals surface area contributed by atoms with Gasteiger partial charge in [0.1, 0.15) is 0 Å². The number of ether oxygens (including phenoxy) is 1. The fraction of sp³-hybridized carbons (Fsp3) is 0.389. The summed E-state index contributed by atoms with van der Waals surface area (Å²) in [5, 5.41) is 0. The second kappa shape index (κ2) is 7.06. The van der Waals surface area contributed by atoms with E-state index in [4.69, 9.17) is 4.74 Å². The number of benzene rings is 1. The summed E-state index contributed by atoms with van der Waals surface area (Å²) in [6.07, 6.45) is 2.50. The van der Waals surface area contributed by atoms with Crippen molar-refractivity contribution in [2.45, 2.75) is 33.4 Å². The summed E-state index contributed by atoms with van der Waals surface area (Å²) in [6.45, 7) is 5.12. The average Bonchev–Trinajstić information content (AvgIpc) is 3.00. The number of para-hydroxylation sites is 1. The normalized spacial score (nSPS) is 11.3. The Morgan fingerprint density at radius 1 is 1.16 bits per heavy atom. The van der Waals surface area contributed by atoms with Gasteiger partial charge in [-0.3, -0.25) is 9.36 Å². The van der Waals surface area contributed by atoms with Crippen molar-refractivity contribution in [3.8, 4) is 5.69 Å². The third-order valence-electron chi connectivity index (χ3n) is 4.24. The highest BCUT2D eigenvalue weighted by molar-refractivity contribution is 5.72. The Labute approximate surface area is 145 Å². The van der Waals surface area contributed by atoms with Crippen molar-refractivity contribution in [3.05, 3.63) is 57.0 Å². The highest BCUT2D eigenvalue weighted by Crippen LogP contribution is 2.16. The predicted molar refractivity (Wildman–Crippen MR) is 96.5 cm³/mol. The van der Waals surface area contributed by atoms with E-state index < -0.39 is 5.69 Å². The zero-order chi connectivity index (χ0) is 18.0. The molecular weight excluding hydrogens is 320 g/mol. The first-order chi connectivity index (χ1) is 12.1. The van der Waals surface area contributed by atoms with Crippen LogP contribution in [0.4, 0.5) is 0 Å². The van der Waals surface area contributed by atoms with E-state index in [1.165, 1.54) is 9.13 Å². The van der Waals surface area contributed by atoms with Crippen molar-refractivity contribution in [2.24, 2.45) is 0 Å². The number of imidazole rings is 1. The smallest absolute Gasteiger partial charge is 0.337 e. The molecular formula is C18H22N4O3. The molecule has 25 heavy (non-hydrogen) atoms. The van der Waals surface area contributed by atoms with E-state index in [0.717, 1.165) is 17.7 Å². The third kappa shape index (κ3) is 2.91. The van der Waals surface area contributed by atoms with Gasteiger partial charge < -0.3 is 9.30 Å². The van der Waals surface area contributed by atoms with Crippen LogP contribution in [0.25, 0.3) is 16.9 Å². The number of fused-ring (bicyclic) bond motifs is 1. The Morgan fingerprint density at radius 3 is 2.60 bits per heavy atom. The number of rotatable bonds is 6. The van der Waals surface area contributed by atoms with Gasteiger partial charge in [0.15, 0.2) is 11.2 Å². The van der Waals surface area contributed by atoms with Crippen LogP contribution >= 0.6 is 0 Å². The maximum absolute atomic E-state index is 13.1. The Bertz CT molecular complexity index is 1010. The number of aryl methyl sites for hydroxylation is 2. The lowest BCUT2D eigenvalue weighted by Gasteiger charge is -2.14. The van der Waals surface area contributed by atoms with Gasteiger partial charge in [-0.15, -0.1) is 0 Å². The molecule has 1 aromatic carbocycles. The van der Waals surface area contributed by atoms with Crippen LogP contribution in [-0.4, -0.2) is 32.4 Å². The van der Waals surface area contributed by atoms with Crippen LogP contribution in [0.2, 0.25) is 0 Å². The quantitative estimate of drug-likeness (QED) is 0.684. The molecule has 0 N–H and O–H groups in total. The molecule has 2 aromatic heterocycles. The fourth-order valence-electron chi connectivity index (χ4n) is 3.00. The molecule has 0 amide bonds. The van der Waals surface area contributed by atoms with Crippen molar-refractivity contribution in [1.82, 2.24) is 18.7 Å². The van der Waals surface area contributed by atoms with E-state index in [1.807, 2.05) is 42.7 Å². The Kier molecular flexibility index (Phi) is 4.85. The summed E-state index contributed by atoms with van der Waals surface area (Å²) >= 11 is 0. The van der Waals surface area contributed by atoms with Gasteiger partial charge in [0, 0.05) is 13.7 Å². The first-order valence-corrected chi connectivity index (χ1v) is 8.35. The summed E-state index contributed by atoms with van der Waals surface area (Å²) in [5.41, 5.74) is 1.78. The maximum atomic E-state index is 13.1. The SMILES string of the molecule is CCCn1cnc2c1c(=O)n(CCOC)c(=O)n2-c1ccccc1C. The number of aromatic nitrogens is 4. The molecule has 3 aromatic rings. The van der Waals surface area contributed by atoms with Gasteiger partial charge in [-0.05, 0) is 25.0 Å². The number of methoxy groups -OCH3 is 1. The zero-order valence-electron chi connectivity index (χ0n) is 14.7. The second-order valence-electron chi connectivity index (χ2n) is 5.96. The molecule has 0 unspecified atom stereocenters. The molecule has 0 spiro atoms. The molecule has 3 rings (SSSR count). The fourth-order valence-corrected chi connectivity index (χ4v) is 3.00.